The molecule has 2 amide bonds. The second-order valence-corrected chi connectivity index (χ2v) is 7.11. The molecule has 1 aliphatic heterocycles. The molecule has 1 aromatic rings. The number of hydrogen-bond acceptors (Lipinski definition) is 2. The van der Waals surface area contributed by atoms with Crippen molar-refractivity contribution < 1.29 is 9.59 Å². The van der Waals surface area contributed by atoms with Gasteiger partial charge in [0.15, 0.2) is 0 Å². The van der Waals surface area contributed by atoms with Crippen LogP contribution in [0.25, 0.3) is 0 Å². The van der Waals surface area contributed by atoms with Gasteiger partial charge in [0, 0.05) is 23.0 Å². The molecule has 2 atom stereocenters. The lowest BCUT2D eigenvalue weighted by molar-refractivity contribution is -0.118. The zero-order valence-corrected chi connectivity index (χ0v) is 15.0. The summed E-state index contributed by atoms with van der Waals surface area (Å²) in [6.45, 7) is 7.79. The molecule has 0 aliphatic carbocycles. The predicted octanol–water partition coefficient (Wildman–Crippen LogP) is 4.34. The molecule has 2 rings (SSSR count). The average Bonchev–Trinajstić information content (AvgIpc) is 2.48. The zero-order chi connectivity index (χ0) is 17.1. The third kappa shape index (κ3) is 4.05. The molecular weight excluding hydrogens is 312 g/mol. The lowest BCUT2D eigenvalue weighted by atomic mass is 9.96. The third-order valence-electron chi connectivity index (χ3n) is 4.42. The lowest BCUT2D eigenvalue weighted by Crippen LogP contribution is -2.47. The molecule has 23 heavy (non-hydrogen) atoms. The molecule has 1 aromatic carbocycles. The van der Waals surface area contributed by atoms with Crippen molar-refractivity contribution in [2.45, 2.75) is 59.0 Å². The van der Waals surface area contributed by atoms with Crippen LogP contribution in [0.4, 0.5) is 5.69 Å². The van der Waals surface area contributed by atoms with Crippen molar-refractivity contribution in [2.75, 3.05) is 5.32 Å². The van der Waals surface area contributed by atoms with E-state index >= 15 is 0 Å². The Balaban J connectivity index is 2.35. The van der Waals surface area contributed by atoms with Crippen molar-refractivity contribution >= 4 is 29.1 Å². The van der Waals surface area contributed by atoms with Gasteiger partial charge in [0.2, 0.25) is 5.91 Å². The number of nitrogens with zero attached hydrogens (tertiary/aromatic N) is 1. The Morgan fingerprint density at radius 1 is 1.22 bits per heavy atom. The molecular formula is C18H25ClN2O2. The quantitative estimate of drug-likeness (QED) is 0.892. The van der Waals surface area contributed by atoms with Gasteiger partial charge in [-0.25, -0.2) is 0 Å². The number of piperidine rings is 1. The number of hydrogen-bond donors (Lipinski definition) is 1. The molecule has 1 aliphatic rings. The van der Waals surface area contributed by atoms with Crippen LogP contribution in [0.2, 0.25) is 5.02 Å². The summed E-state index contributed by atoms with van der Waals surface area (Å²) in [6, 6.07) is 5.43. The van der Waals surface area contributed by atoms with E-state index in [0.717, 1.165) is 19.3 Å². The van der Waals surface area contributed by atoms with Crippen molar-refractivity contribution in [1.29, 1.82) is 0 Å². The van der Waals surface area contributed by atoms with Crippen LogP contribution in [0.1, 0.15) is 57.3 Å². The van der Waals surface area contributed by atoms with Gasteiger partial charge in [0.25, 0.3) is 5.91 Å². The van der Waals surface area contributed by atoms with Gasteiger partial charge in [-0.15, -0.1) is 0 Å². The molecule has 4 nitrogen and oxygen atoms in total. The standard InChI is InChI=1S/C18H25ClN2O2/c1-11(2)17(22)20-16-9-8-14(19)10-15(16)18(23)21-12(3)6-5-7-13(21)4/h8-13H,5-7H2,1-4H3,(H,20,22). The van der Waals surface area contributed by atoms with Gasteiger partial charge in [-0.1, -0.05) is 25.4 Å². The van der Waals surface area contributed by atoms with Crippen molar-refractivity contribution in [3.8, 4) is 0 Å². The Labute approximate surface area is 143 Å². The highest BCUT2D eigenvalue weighted by atomic mass is 35.5. The van der Waals surface area contributed by atoms with Gasteiger partial charge >= 0.3 is 0 Å². The third-order valence-corrected chi connectivity index (χ3v) is 4.66. The van der Waals surface area contributed by atoms with Crippen LogP contribution >= 0.6 is 11.6 Å². The van der Waals surface area contributed by atoms with E-state index < -0.39 is 0 Å². The number of carbonyl (C=O) groups is 2. The first-order valence-electron chi connectivity index (χ1n) is 8.24. The van der Waals surface area contributed by atoms with E-state index in [1.165, 1.54) is 0 Å². The minimum absolute atomic E-state index is 0.0637. The van der Waals surface area contributed by atoms with E-state index in [0.29, 0.717) is 16.3 Å². The molecule has 0 bridgehead atoms. The van der Waals surface area contributed by atoms with E-state index in [-0.39, 0.29) is 29.8 Å². The van der Waals surface area contributed by atoms with E-state index in [9.17, 15) is 9.59 Å². The summed E-state index contributed by atoms with van der Waals surface area (Å²) in [5, 5.41) is 3.34. The molecule has 126 valence electrons. The minimum Gasteiger partial charge on any atom is -0.333 e. The van der Waals surface area contributed by atoms with Crippen molar-refractivity contribution in [3.05, 3.63) is 28.8 Å². The SMILES string of the molecule is CC(C)C(=O)Nc1ccc(Cl)cc1C(=O)N1C(C)CCCC1C. The summed E-state index contributed by atoms with van der Waals surface area (Å²) < 4.78 is 0. The van der Waals surface area contributed by atoms with Crippen LogP contribution < -0.4 is 5.32 Å². The van der Waals surface area contributed by atoms with Gasteiger partial charge in [-0.2, -0.15) is 0 Å². The van der Waals surface area contributed by atoms with Gasteiger partial charge < -0.3 is 10.2 Å². The lowest BCUT2D eigenvalue weighted by Gasteiger charge is -2.39. The molecule has 0 aromatic heterocycles. The summed E-state index contributed by atoms with van der Waals surface area (Å²) in [7, 11) is 0. The Hall–Kier alpha value is -1.55. The summed E-state index contributed by atoms with van der Waals surface area (Å²) >= 11 is 6.09. The first kappa shape index (κ1) is 17.8. The fourth-order valence-electron chi connectivity index (χ4n) is 3.04. The number of nitrogens with one attached hydrogen (secondary N) is 1. The maximum atomic E-state index is 13.1. The van der Waals surface area contributed by atoms with E-state index in [2.05, 4.69) is 19.2 Å². The first-order valence-corrected chi connectivity index (χ1v) is 8.62. The summed E-state index contributed by atoms with van der Waals surface area (Å²) in [5.74, 6) is -0.325. The fraction of sp³-hybridized carbons (Fsp3) is 0.556. The number of rotatable bonds is 3. The van der Waals surface area contributed by atoms with Gasteiger partial charge in [-0.05, 0) is 51.3 Å². The number of halogens is 1. The summed E-state index contributed by atoms with van der Waals surface area (Å²) in [4.78, 5) is 27.0. The van der Waals surface area contributed by atoms with E-state index in [1.54, 1.807) is 18.2 Å². The number of benzene rings is 1. The number of amides is 2. The second kappa shape index (κ2) is 7.35. The Bertz CT molecular complexity index is 591. The van der Waals surface area contributed by atoms with Crippen LogP contribution in [0.3, 0.4) is 0 Å². The largest absolute Gasteiger partial charge is 0.333 e. The Morgan fingerprint density at radius 3 is 2.39 bits per heavy atom. The smallest absolute Gasteiger partial charge is 0.256 e. The van der Waals surface area contributed by atoms with Gasteiger partial charge in [0.05, 0.1) is 11.3 Å². The van der Waals surface area contributed by atoms with E-state index in [4.69, 9.17) is 11.6 Å². The van der Waals surface area contributed by atoms with Gasteiger partial charge in [-0.3, -0.25) is 9.59 Å². The van der Waals surface area contributed by atoms with Crippen LogP contribution in [0, 0.1) is 5.92 Å². The summed E-state index contributed by atoms with van der Waals surface area (Å²) in [5.41, 5.74) is 0.996. The number of anilines is 1. The minimum atomic E-state index is -0.151. The molecule has 5 heteroatoms. The molecule has 0 radical (unpaired) electrons. The Kier molecular flexibility index (Phi) is 5.69. The first-order chi connectivity index (χ1) is 10.8. The van der Waals surface area contributed by atoms with Crippen molar-refractivity contribution in [1.82, 2.24) is 4.90 Å². The monoisotopic (exact) mass is 336 g/mol. The predicted molar refractivity (Wildman–Crippen MR) is 93.9 cm³/mol. The van der Waals surface area contributed by atoms with Crippen LogP contribution in [-0.4, -0.2) is 28.8 Å². The molecule has 1 heterocycles. The van der Waals surface area contributed by atoms with Gasteiger partial charge in [0.1, 0.15) is 0 Å². The normalized spacial score (nSPS) is 21.4. The maximum absolute atomic E-state index is 13.1. The van der Waals surface area contributed by atoms with Crippen molar-refractivity contribution in [3.63, 3.8) is 0 Å². The van der Waals surface area contributed by atoms with Crippen LogP contribution in [-0.2, 0) is 4.79 Å². The highest BCUT2D eigenvalue weighted by molar-refractivity contribution is 6.31. The maximum Gasteiger partial charge on any atom is 0.256 e. The molecule has 1 N–H and O–H groups in total. The second-order valence-electron chi connectivity index (χ2n) is 6.68. The topological polar surface area (TPSA) is 49.4 Å². The zero-order valence-electron chi connectivity index (χ0n) is 14.2. The molecule has 1 fully saturated rings. The molecule has 2 unspecified atom stereocenters. The van der Waals surface area contributed by atoms with Crippen LogP contribution in [0.15, 0.2) is 18.2 Å². The van der Waals surface area contributed by atoms with Crippen LogP contribution in [0.5, 0.6) is 0 Å². The highest BCUT2D eigenvalue weighted by Gasteiger charge is 2.31. The number of likely N-dealkylation sites (tertiary alicyclic amines) is 1. The number of carbonyl (C=O) groups excluding carboxylic acids is 2. The average molecular weight is 337 g/mol. The fourth-order valence-corrected chi connectivity index (χ4v) is 3.21. The Morgan fingerprint density at radius 2 is 1.83 bits per heavy atom. The summed E-state index contributed by atoms with van der Waals surface area (Å²) in [6.07, 6.45) is 3.15. The highest BCUT2D eigenvalue weighted by Crippen LogP contribution is 2.29. The molecule has 1 saturated heterocycles. The molecule has 0 spiro atoms. The van der Waals surface area contributed by atoms with E-state index in [1.807, 2.05) is 18.7 Å². The van der Waals surface area contributed by atoms with Crippen molar-refractivity contribution in [2.24, 2.45) is 5.92 Å². The molecule has 0 saturated carbocycles.